The molecule has 0 aliphatic rings. The van der Waals surface area contributed by atoms with E-state index < -0.39 is 0 Å². The summed E-state index contributed by atoms with van der Waals surface area (Å²) in [6, 6.07) is 0.660. The molecule has 14 heavy (non-hydrogen) atoms. The summed E-state index contributed by atoms with van der Waals surface area (Å²) in [4.78, 5) is 0. The molecule has 1 N–H and O–H groups in total. The monoisotopic (exact) mass is 201 g/mol. The van der Waals surface area contributed by atoms with Crippen LogP contribution in [0.3, 0.4) is 0 Å². The first-order valence-corrected chi connectivity index (χ1v) is 5.98. The topological polar surface area (TPSA) is 21.3 Å². The van der Waals surface area contributed by atoms with Crippen LogP contribution in [0, 0.1) is 5.92 Å². The Balaban J connectivity index is 3.56. The number of ether oxygens (including phenoxy) is 1. The van der Waals surface area contributed by atoms with E-state index in [9.17, 15) is 0 Å². The standard InChI is InChI=1S/C12H27NO/c1-5-12(11(3)13-6-2)9-7-8-10-14-4/h11-13H,5-10H2,1-4H3. The summed E-state index contributed by atoms with van der Waals surface area (Å²) in [6.07, 6.45) is 5.10. The van der Waals surface area contributed by atoms with Crippen molar-refractivity contribution in [3.05, 3.63) is 0 Å². The van der Waals surface area contributed by atoms with Crippen LogP contribution in [0.4, 0.5) is 0 Å². The molecule has 86 valence electrons. The van der Waals surface area contributed by atoms with Crippen molar-refractivity contribution in [2.24, 2.45) is 5.92 Å². The lowest BCUT2D eigenvalue weighted by Gasteiger charge is -2.23. The number of methoxy groups -OCH3 is 1. The number of rotatable bonds is 9. The Hall–Kier alpha value is -0.0800. The molecule has 2 atom stereocenters. The van der Waals surface area contributed by atoms with Gasteiger partial charge >= 0.3 is 0 Å². The summed E-state index contributed by atoms with van der Waals surface area (Å²) in [5, 5.41) is 3.51. The van der Waals surface area contributed by atoms with Crippen LogP contribution in [0.5, 0.6) is 0 Å². The fourth-order valence-electron chi connectivity index (χ4n) is 1.95. The van der Waals surface area contributed by atoms with E-state index in [2.05, 4.69) is 26.1 Å². The molecule has 0 aromatic rings. The molecule has 0 amide bonds. The molecule has 0 heterocycles. The first-order chi connectivity index (χ1) is 6.76. The largest absolute Gasteiger partial charge is 0.385 e. The lowest BCUT2D eigenvalue weighted by atomic mass is 9.92. The molecule has 0 aromatic heterocycles. The average Bonchev–Trinajstić information content (AvgIpc) is 2.18. The fourth-order valence-corrected chi connectivity index (χ4v) is 1.95. The minimum absolute atomic E-state index is 0.660. The molecule has 0 rings (SSSR count). The molecule has 2 heteroatoms. The first-order valence-electron chi connectivity index (χ1n) is 5.98. The molecule has 0 spiro atoms. The Morgan fingerprint density at radius 1 is 1.21 bits per heavy atom. The minimum Gasteiger partial charge on any atom is -0.385 e. The third kappa shape index (κ3) is 6.39. The van der Waals surface area contributed by atoms with Gasteiger partial charge in [0.2, 0.25) is 0 Å². The van der Waals surface area contributed by atoms with Crippen molar-refractivity contribution >= 4 is 0 Å². The predicted molar refractivity (Wildman–Crippen MR) is 62.6 cm³/mol. The normalized spacial score (nSPS) is 15.4. The molecular formula is C12H27NO. The summed E-state index contributed by atoms with van der Waals surface area (Å²) in [5.41, 5.74) is 0. The van der Waals surface area contributed by atoms with Gasteiger partial charge in [0.1, 0.15) is 0 Å². The van der Waals surface area contributed by atoms with Gasteiger partial charge in [0.15, 0.2) is 0 Å². The van der Waals surface area contributed by atoms with Crippen LogP contribution in [-0.4, -0.2) is 26.3 Å². The predicted octanol–water partition coefficient (Wildman–Crippen LogP) is 2.83. The highest BCUT2D eigenvalue weighted by Gasteiger charge is 2.13. The zero-order valence-electron chi connectivity index (χ0n) is 10.3. The van der Waals surface area contributed by atoms with Gasteiger partial charge in [-0.2, -0.15) is 0 Å². The van der Waals surface area contributed by atoms with Crippen LogP contribution in [0.25, 0.3) is 0 Å². The maximum atomic E-state index is 5.05. The van der Waals surface area contributed by atoms with Gasteiger partial charge in [0.05, 0.1) is 0 Å². The molecule has 0 radical (unpaired) electrons. The maximum Gasteiger partial charge on any atom is 0.0462 e. The van der Waals surface area contributed by atoms with Crippen molar-refractivity contribution in [2.75, 3.05) is 20.3 Å². The van der Waals surface area contributed by atoms with E-state index in [0.717, 1.165) is 19.1 Å². The fraction of sp³-hybridized carbons (Fsp3) is 1.00. The number of hydrogen-bond donors (Lipinski definition) is 1. The number of nitrogens with one attached hydrogen (secondary N) is 1. The van der Waals surface area contributed by atoms with E-state index in [-0.39, 0.29) is 0 Å². The van der Waals surface area contributed by atoms with Crippen molar-refractivity contribution in [3.8, 4) is 0 Å². The maximum absolute atomic E-state index is 5.05. The second-order valence-electron chi connectivity index (χ2n) is 4.00. The number of unbranched alkanes of at least 4 members (excludes halogenated alkanes) is 1. The van der Waals surface area contributed by atoms with Crippen molar-refractivity contribution < 1.29 is 4.74 Å². The third-order valence-corrected chi connectivity index (χ3v) is 2.93. The highest BCUT2D eigenvalue weighted by Crippen LogP contribution is 2.16. The highest BCUT2D eigenvalue weighted by atomic mass is 16.5. The smallest absolute Gasteiger partial charge is 0.0462 e. The highest BCUT2D eigenvalue weighted by molar-refractivity contribution is 4.70. The van der Waals surface area contributed by atoms with Gasteiger partial charge < -0.3 is 10.1 Å². The van der Waals surface area contributed by atoms with E-state index >= 15 is 0 Å². The van der Waals surface area contributed by atoms with Crippen LogP contribution in [0.15, 0.2) is 0 Å². The quantitative estimate of drug-likeness (QED) is 0.579. The molecule has 0 aliphatic carbocycles. The summed E-state index contributed by atoms with van der Waals surface area (Å²) in [7, 11) is 1.78. The van der Waals surface area contributed by atoms with Gasteiger partial charge in [-0.25, -0.2) is 0 Å². The summed E-state index contributed by atoms with van der Waals surface area (Å²) < 4.78 is 5.05. The van der Waals surface area contributed by atoms with Gasteiger partial charge in [-0.05, 0) is 32.2 Å². The van der Waals surface area contributed by atoms with Gasteiger partial charge in [-0.3, -0.25) is 0 Å². The Bertz CT molecular complexity index is 117. The zero-order chi connectivity index (χ0) is 10.8. The Morgan fingerprint density at radius 3 is 2.43 bits per heavy atom. The zero-order valence-corrected chi connectivity index (χ0v) is 10.3. The van der Waals surface area contributed by atoms with Crippen LogP contribution in [0.2, 0.25) is 0 Å². The summed E-state index contributed by atoms with van der Waals surface area (Å²) >= 11 is 0. The molecule has 0 saturated carbocycles. The SMILES string of the molecule is CCNC(C)C(CC)CCCCOC. The molecule has 0 aliphatic heterocycles. The van der Waals surface area contributed by atoms with Gasteiger partial charge in [-0.15, -0.1) is 0 Å². The van der Waals surface area contributed by atoms with Crippen LogP contribution in [0.1, 0.15) is 46.5 Å². The summed E-state index contributed by atoms with van der Waals surface area (Å²) in [5.74, 6) is 0.826. The number of hydrogen-bond acceptors (Lipinski definition) is 2. The lowest BCUT2D eigenvalue weighted by Crippen LogP contribution is -2.33. The Labute approximate surface area is 89.4 Å². The Morgan fingerprint density at radius 2 is 1.93 bits per heavy atom. The lowest BCUT2D eigenvalue weighted by molar-refractivity contribution is 0.188. The van der Waals surface area contributed by atoms with Gasteiger partial charge in [0.25, 0.3) is 0 Å². The van der Waals surface area contributed by atoms with E-state index in [4.69, 9.17) is 4.74 Å². The minimum atomic E-state index is 0.660. The van der Waals surface area contributed by atoms with E-state index in [1.54, 1.807) is 7.11 Å². The van der Waals surface area contributed by atoms with E-state index in [1.165, 1.54) is 25.7 Å². The third-order valence-electron chi connectivity index (χ3n) is 2.93. The van der Waals surface area contributed by atoms with Gasteiger partial charge in [-0.1, -0.05) is 26.7 Å². The van der Waals surface area contributed by atoms with Crippen molar-refractivity contribution in [1.29, 1.82) is 0 Å². The second-order valence-corrected chi connectivity index (χ2v) is 4.00. The average molecular weight is 201 g/mol. The van der Waals surface area contributed by atoms with Gasteiger partial charge in [0, 0.05) is 19.8 Å². The van der Waals surface area contributed by atoms with Crippen LogP contribution < -0.4 is 5.32 Å². The molecule has 0 saturated heterocycles. The van der Waals surface area contributed by atoms with Crippen LogP contribution >= 0.6 is 0 Å². The summed E-state index contributed by atoms with van der Waals surface area (Å²) in [6.45, 7) is 8.75. The van der Waals surface area contributed by atoms with Crippen molar-refractivity contribution in [2.45, 2.75) is 52.5 Å². The molecule has 2 nitrogen and oxygen atoms in total. The van der Waals surface area contributed by atoms with Crippen molar-refractivity contribution in [3.63, 3.8) is 0 Å². The van der Waals surface area contributed by atoms with E-state index in [0.29, 0.717) is 6.04 Å². The molecule has 0 fully saturated rings. The molecule has 0 bridgehead atoms. The molecular weight excluding hydrogens is 174 g/mol. The van der Waals surface area contributed by atoms with Crippen LogP contribution in [-0.2, 0) is 4.74 Å². The second kappa shape index (κ2) is 9.47. The molecule has 2 unspecified atom stereocenters. The first kappa shape index (κ1) is 13.9. The van der Waals surface area contributed by atoms with E-state index in [1.807, 2.05) is 0 Å². The van der Waals surface area contributed by atoms with Crippen molar-refractivity contribution in [1.82, 2.24) is 5.32 Å². The Kier molecular flexibility index (Phi) is 9.42. The molecule has 0 aromatic carbocycles.